The molecule has 0 aromatic carbocycles. The van der Waals surface area contributed by atoms with E-state index in [0.29, 0.717) is 19.2 Å². The van der Waals surface area contributed by atoms with E-state index in [0.717, 1.165) is 32.6 Å². The third-order valence-electron chi connectivity index (χ3n) is 2.76. The van der Waals surface area contributed by atoms with Crippen LogP contribution >= 0.6 is 0 Å². The molecule has 0 saturated carbocycles. The largest absolute Gasteiger partial charge is 0.383 e. The van der Waals surface area contributed by atoms with Gasteiger partial charge in [-0.15, -0.1) is 0 Å². The molecular formula is C11H22N2O3. The molecule has 16 heavy (non-hydrogen) atoms. The summed E-state index contributed by atoms with van der Waals surface area (Å²) in [6.07, 6.45) is 1.99. The third kappa shape index (κ3) is 3.98. The molecule has 0 radical (unpaired) electrons. The Kier molecular flexibility index (Phi) is 6.18. The number of hydrogen-bond donors (Lipinski definition) is 1. The molecule has 0 bridgehead atoms. The van der Waals surface area contributed by atoms with Crippen LogP contribution in [-0.2, 0) is 9.47 Å². The normalized spacial score (nSPS) is 20.2. The smallest absolute Gasteiger partial charge is 0.317 e. The number of urea groups is 1. The highest BCUT2D eigenvalue weighted by atomic mass is 16.5. The first-order valence-electron chi connectivity index (χ1n) is 5.90. The Balaban J connectivity index is 2.25. The van der Waals surface area contributed by atoms with Gasteiger partial charge in [-0.25, -0.2) is 4.79 Å². The number of nitrogens with zero attached hydrogens (tertiary/aromatic N) is 1. The van der Waals surface area contributed by atoms with Gasteiger partial charge in [-0.2, -0.15) is 0 Å². The molecule has 1 atom stereocenters. The SMILES string of the molecule is CCOCCCC1CNC(=O)N1CCOC. The lowest BCUT2D eigenvalue weighted by atomic mass is 10.1. The van der Waals surface area contributed by atoms with Crippen molar-refractivity contribution in [2.45, 2.75) is 25.8 Å². The van der Waals surface area contributed by atoms with E-state index < -0.39 is 0 Å². The van der Waals surface area contributed by atoms with Crippen molar-refractivity contribution in [1.82, 2.24) is 10.2 Å². The van der Waals surface area contributed by atoms with E-state index in [4.69, 9.17) is 9.47 Å². The molecule has 1 N–H and O–H groups in total. The van der Waals surface area contributed by atoms with Gasteiger partial charge in [0.05, 0.1) is 12.6 Å². The summed E-state index contributed by atoms with van der Waals surface area (Å²) in [6, 6.07) is 0.321. The fourth-order valence-electron chi connectivity index (χ4n) is 1.88. The second-order valence-corrected chi connectivity index (χ2v) is 3.87. The van der Waals surface area contributed by atoms with Crippen LogP contribution in [-0.4, -0.2) is 57.0 Å². The molecule has 94 valence electrons. The van der Waals surface area contributed by atoms with Crippen molar-refractivity contribution < 1.29 is 14.3 Å². The number of carbonyl (C=O) groups excluding carboxylic acids is 1. The molecular weight excluding hydrogens is 208 g/mol. The third-order valence-corrected chi connectivity index (χ3v) is 2.76. The minimum absolute atomic E-state index is 0.0264. The van der Waals surface area contributed by atoms with Crippen LogP contribution < -0.4 is 5.32 Å². The summed E-state index contributed by atoms with van der Waals surface area (Å²) in [5.74, 6) is 0. The second-order valence-electron chi connectivity index (χ2n) is 3.87. The van der Waals surface area contributed by atoms with Crippen molar-refractivity contribution in [1.29, 1.82) is 0 Å². The summed E-state index contributed by atoms with van der Waals surface area (Å²) in [7, 11) is 1.65. The molecule has 2 amide bonds. The zero-order valence-electron chi connectivity index (χ0n) is 10.2. The van der Waals surface area contributed by atoms with E-state index in [-0.39, 0.29) is 6.03 Å². The van der Waals surface area contributed by atoms with Crippen LogP contribution in [0.5, 0.6) is 0 Å². The Morgan fingerprint density at radius 1 is 1.50 bits per heavy atom. The summed E-state index contributed by atoms with van der Waals surface area (Å²) in [5, 5.41) is 2.86. The highest BCUT2D eigenvalue weighted by Crippen LogP contribution is 2.12. The average Bonchev–Trinajstić information content (AvgIpc) is 2.63. The maximum Gasteiger partial charge on any atom is 0.317 e. The van der Waals surface area contributed by atoms with Crippen molar-refractivity contribution in [3.63, 3.8) is 0 Å². The standard InChI is InChI=1S/C11H22N2O3/c1-3-16-7-4-5-10-9-12-11(14)13(10)6-8-15-2/h10H,3-9H2,1-2H3,(H,12,14). The molecule has 0 spiro atoms. The summed E-state index contributed by atoms with van der Waals surface area (Å²) < 4.78 is 10.3. The van der Waals surface area contributed by atoms with Crippen molar-refractivity contribution in [3.8, 4) is 0 Å². The fraction of sp³-hybridized carbons (Fsp3) is 0.909. The zero-order chi connectivity index (χ0) is 11.8. The van der Waals surface area contributed by atoms with Gasteiger partial charge in [0.2, 0.25) is 0 Å². The predicted octanol–water partition coefficient (Wildman–Crippen LogP) is 0.843. The molecule has 1 fully saturated rings. The Hall–Kier alpha value is -0.810. The van der Waals surface area contributed by atoms with Crippen LogP contribution in [0.25, 0.3) is 0 Å². The first-order valence-corrected chi connectivity index (χ1v) is 5.90. The molecule has 0 aliphatic carbocycles. The molecule has 1 aliphatic rings. The highest BCUT2D eigenvalue weighted by Gasteiger charge is 2.29. The van der Waals surface area contributed by atoms with E-state index in [1.165, 1.54) is 0 Å². The van der Waals surface area contributed by atoms with E-state index in [1.54, 1.807) is 7.11 Å². The maximum atomic E-state index is 11.5. The van der Waals surface area contributed by atoms with Gasteiger partial charge in [0.15, 0.2) is 0 Å². The summed E-state index contributed by atoms with van der Waals surface area (Å²) >= 11 is 0. The number of methoxy groups -OCH3 is 1. The number of amides is 2. The van der Waals surface area contributed by atoms with Gasteiger partial charge in [0.1, 0.15) is 0 Å². The summed E-state index contributed by atoms with van der Waals surface area (Å²) in [6.45, 7) is 5.53. The molecule has 5 nitrogen and oxygen atoms in total. The topological polar surface area (TPSA) is 50.8 Å². The minimum Gasteiger partial charge on any atom is -0.383 e. The van der Waals surface area contributed by atoms with Gasteiger partial charge in [0, 0.05) is 33.4 Å². The Labute approximate surface area is 97.1 Å². The van der Waals surface area contributed by atoms with Crippen LogP contribution in [0.1, 0.15) is 19.8 Å². The number of rotatable bonds is 8. The van der Waals surface area contributed by atoms with E-state index in [2.05, 4.69) is 5.32 Å². The van der Waals surface area contributed by atoms with E-state index in [9.17, 15) is 4.79 Å². The van der Waals surface area contributed by atoms with Gasteiger partial charge in [-0.3, -0.25) is 0 Å². The molecule has 0 aromatic heterocycles. The lowest BCUT2D eigenvalue weighted by Crippen LogP contribution is -2.36. The first-order chi connectivity index (χ1) is 7.79. The minimum atomic E-state index is 0.0264. The molecule has 1 aliphatic heterocycles. The van der Waals surface area contributed by atoms with Crippen molar-refractivity contribution in [3.05, 3.63) is 0 Å². The van der Waals surface area contributed by atoms with Crippen LogP contribution in [0.3, 0.4) is 0 Å². The van der Waals surface area contributed by atoms with Crippen LogP contribution in [0.4, 0.5) is 4.79 Å². The molecule has 1 heterocycles. The average molecular weight is 230 g/mol. The van der Waals surface area contributed by atoms with E-state index >= 15 is 0 Å². The monoisotopic (exact) mass is 230 g/mol. The van der Waals surface area contributed by atoms with E-state index in [1.807, 2.05) is 11.8 Å². The zero-order valence-corrected chi connectivity index (χ0v) is 10.2. The summed E-state index contributed by atoms with van der Waals surface area (Å²) in [5.41, 5.74) is 0. The number of nitrogens with one attached hydrogen (secondary N) is 1. The van der Waals surface area contributed by atoms with Crippen molar-refractivity contribution in [2.75, 3.05) is 40.0 Å². The lowest BCUT2D eigenvalue weighted by molar-refractivity contribution is 0.126. The maximum absolute atomic E-state index is 11.5. The van der Waals surface area contributed by atoms with Gasteiger partial charge in [-0.05, 0) is 19.8 Å². The van der Waals surface area contributed by atoms with Gasteiger partial charge in [0.25, 0.3) is 0 Å². The summed E-state index contributed by atoms with van der Waals surface area (Å²) in [4.78, 5) is 13.4. The van der Waals surface area contributed by atoms with Crippen LogP contribution in [0.15, 0.2) is 0 Å². The van der Waals surface area contributed by atoms with Crippen molar-refractivity contribution in [2.24, 2.45) is 0 Å². The van der Waals surface area contributed by atoms with Crippen LogP contribution in [0.2, 0.25) is 0 Å². The molecule has 1 saturated heterocycles. The Morgan fingerprint density at radius 3 is 3.00 bits per heavy atom. The number of carbonyl (C=O) groups is 1. The van der Waals surface area contributed by atoms with Crippen molar-refractivity contribution >= 4 is 6.03 Å². The lowest BCUT2D eigenvalue weighted by Gasteiger charge is -2.22. The highest BCUT2D eigenvalue weighted by molar-refractivity contribution is 5.76. The predicted molar refractivity (Wildman–Crippen MR) is 61.5 cm³/mol. The van der Waals surface area contributed by atoms with Gasteiger partial charge in [-0.1, -0.05) is 0 Å². The molecule has 1 unspecified atom stereocenters. The van der Waals surface area contributed by atoms with Gasteiger partial charge >= 0.3 is 6.03 Å². The first kappa shape index (κ1) is 13.3. The fourth-order valence-corrected chi connectivity index (χ4v) is 1.88. The number of ether oxygens (including phenoxy) is 2. The second kappa shape index (κ2) is 7.46. The quantitative estimate of drug-likeness (QED) is 0.629. The Bertz CT molecular complexity index is 211. The molecule has 5 heteroatoms. The van der Waals surface area contributed by atoms with Gasteiger partial charge < -0.3 is 19.7 Å². The number of hydrogen-bond acceptors (Lipinski definition) is 3. The molecule has 1 rings (SSSR count). The van der Waals surface area contributed by atoms with Crippen LogP contribution in [0, 0.1) is 0 Å². The Morgan fingerprint density at radius 2 is 2.31 bits per heavy atom. The molecule has 0 aromatic rings.